The van der Waals surface area contributed by atoms with Gasteiger partial charge < -0.3 is 11.5 Å². The van der Waals surface area contributed by atoms with Gasteiger partial charge in [-0.2, -0.15) is 0 Å². The van der Waals surface area contributed by atoms with Crippen LogP contribution in [0.4, 0.5) is 0 Å². The Labute approximate surface area is 92.2 Å². The third kappa shape index (κ3) is 3.34. The molecular weight excluding hydrogens is 216 g/mol. The Morgan fingerprint density at radius 2 is 1.80 bits per heavy atom. The predicted molar refractivity (Wildman–Crippen MR) is 57.6 cm³/mol. The monoisotopic (exact) mass is 226 g/mol. The van der Waals surface area contributed by atoms with Gasteiger partial charge in [-0.3, -0.25) is 9.59 Å². The van der Waals surface area contributed by atoms with Crippen LogP contribution < -0.4 is 11.5 Å². The summed E-state index contributed by atoms with van der Waals surface area (Å²) in [4.78, 5) is 22.2. The normalized spacial score (nSPS) is 12.1. The number of Topliss-reactive ketones (excluding diaryl/α,β-unsaturated/α-hetero) is 1. The van der Waals surface area contributed by atoms with Crippen molar-refractivity contribution >= 4 is 23.3 Å². The van der Waals surface area contributed by atoms with Crippen LogP contribution in [0.15, 0.2) is 24.3 Å². The molecule has 1 aromatic carbocycles. The number of benzene rings is 1. The van der Waals surface area contributed by atoms with Crippen molar-refractivity contribution in [3.8, 4) is 0 Å². The van der Waals surface area contributed by atoms with Gasteiger partial charge in [-0.15, -0.1) is 0 Å². The van der Waals surface area contributed by atoms with E-state index in [0.29, 0.717) is 10.6 Å². The van der Waals surface area contributed by atoms with E-state index in [-0.39, 0.29) is 12.2 Å². The van der Waals surface area contributed by atoms with Crippen LogP contribution in [0.2, 0.25) is 5.02 Å². The standard InChI is InChI=1S/C10H11ClN2O2/c11-7-3-1-6(2-4-7)9(14)5-8(12)10(13)15/h1-4,8H,5,12H2,(H2,13,15). The lowest BCUT2D eigenvalue weighted by Gasteiger charge is -2.06. The number of halogens is 1. The number of rotatable bonds is 4. The average molecular weight is 227 g/mol. The quantitative estimate of drug-likeness (QED) is 0.742. The zero-order valence-electron chi connectivity index (χ0n) is 7.94. The van der Waals surface area contributed by atoms with Gasteiger partial charge in [0.25, 0.3) is 0 Å². The van der Waals surface area contributed by atoms with E-state index in [2.05, 4.69) is 0 Å². The number of ketones is 1. The molecule has 1 aromatic rings. The first-order valence-electron chi connectivity index (χ1n) is 4.34. The molecule has 0 saturated heterocycles. The molecule has 15 heavy (non-hydrogen) atoms. The van der Waals surface area contributed by atoms with Crippen molar-refractivity contribution in [1.82, 2.24) is 0 Å². The molecule has 0 spiro atoms. The number of carbonyl (C=O) groups excluding carboxylic acids is 2. The maximum Gasteiger partial charge on any atom is 0.234 e. The summed E-state index contributed by atoms with van der Waals surface area (Å²) < 4.78 is 0. The second kappa shape index (κ2) is 4.91. The van der Waals surface area contributed by atoms with Crippen LogP contribution in [0.25, 0.3) is 0 Å². The zero-order valence-corrected chi connectivity index (χ0v) is 8.70. The molecule has 4 N–H and O–H groups in total. The van der Waals surface area contributed by atoms with E-state index in [9.17, 15) is 9.59 Å². The molecule has 1 atom stereocenters. The van der Waals surface area contributed by atoms with Crippen LogP contribution in [0.1, 0.15) is 16.8 Å². The van der Waals surface area contributed by atoms with Crippen LogP contribution >= 0.6 is 11.6 Å². The fourth-order valence-electron chi connectivity index (χ4n) is 1.05. The summed E-state index contributed by atoms with van der Waals surface area (Å²) in [6.45, 7) is 0. The molecule has 1 amide bonds. The van der Waals surface area contributed by atoms with Crippen LogP contribution in [0.3, 0.4) is 0 Å². The molecule has 0 saturated carbocycles. The summed E-state index contributed by atoms with van der Waals surface area (Å²) in [6, 6.07) is 5.43. The van der Waals surface area contributed by atoms with E-state index >= 15 is 0 Å². The lowest BCUT2D eigenvalue weighted by atomic mass is 10.0. The Morgan fingerprint density at radius 3 is 2.27 bits per heavy atom. The predicted octanol–water partition coefficient (Wildman–Crippen LogP) is 0.725. The van der Waals surface area contributed by atoms with Gasteiger partial charge in [0.1, 0.15) is 0 Å². The number of nitrogens with two attached hydrogens (primary N) is 2. The molecular formula is C10H11ClN2O2. The van der Waals surface area contributed by atoms with Crippen LogP contribution in [-0.4, -0.2) is 17.7 Å². The molecule has 0 radical (unpaired) electrons. The van der Waals surface area contributed by atoms with Crippen molar-refractivity contribution < 1.29 is 9.59 Å². The summed E-state index contributed by atoms with van der Waals surface area (Å²) >= 11 is 5.66. The van der Waals surface area contributed by atoms with Crippen molar-refractivity contribution in [2.75, 3.05) is 0 Å². The highest BCUT2D eigenvalue weighted by Gasteiger charge is 2.15. The largest absolute Gasteiger partial charge is 0.368 e. The van der Waals surface area contributed by atoms with E-state index in [4.69, 9.17) is 23.1 Å². The van der Waals surface area contributed by atoms with Crippen molar-refractivity contribution in [2.45, 2.75) is 12.5 Å². The molecule has 0 fully saturated rings. The summed E-state index contributed by atoms with van der Waals surface area (Å²) in [5, 5.41) is 0.547. The highest BCUT2D eigenvalue weighted by Crippen LogP contribution is 2.11. The minimum absolute atomic E-state index is 0.0863. The maximum absolute atomic E-state index is 11.5. The van der Waals surface area contributed by atoms with E-state index in [0.717, 1.165) is 0 Å². The van der Waals surface area contributed by atoms with Gasteiger partial charge in [0, 0.05) is 17.0 Å². The smallest absolute Gasteiger partial charge is 0.234 e. The Kier molecular flexibility index (Phi) is 3.82. The van der Waals surface area contributed by atoms with Crippen molar-refractivity contribution in [1.29, 1.82) is 0 Å². The number of primary amides is 1. The summed E-state index contributed by atoms with van der Waals surface area (Å²) in [7, 11) is 0. The van der Waals surface area contributed by atoms with Gasteiger partial charge in [0.2, 0.25) is 5.91 Å². The molecule has 0 aliphatic rings. The van der Waals surface area contributed by atoms with Crippen molar-refractivity contribution in [3.63, 3.8) is 0 Å². The van der Waals surface area contributed by atoms with Crippen molar-refractivity contribution in [3.05, 3.63) is 34.9 Å². The third-order valence-corrected chi connectivity index (χ3v) is 2.19. The number of amides is 1. The fourth-order valence-corrected chi connectivity index (χ4v) is 1.18. The van der Waals surface area contributed by atoms with E-state index in [1.807, 2.05) is 0 Å². The SMILES string of the molecule is NC(=O)C(N)CC(=O)c1ccc(Cl)cc1. The number of carbonyl (C=O) groups is 2. The average Bonchev–Trinajstić information content (AvgIpc) is 2.18. The third-order valence-electron chi connectivity index (χ3n) is 1.94. The van der Waals surface area contributed by atoms with E-state index < -0.39 is 11.9 Å². The van der Waals surface area contributed by atoms with E-state index in [1.54, 1.807) is 24.3 Å². The van der Waals surface area contributed by atoms with Gasteiger partial charge in [-0.25, -0.2) is 0 Å². The molecule has 0 aromatic heterocycles. The summed E-state index contributed by atoms with van der Waals surface area (Å²) in [6.07, 6.45) is -0.0863. The Bertz CT molecular complexity index is 376. The topological polar surface area (TPSA) is 86.2 Å². The Balaban J connectivity index is 2.69. The lowest BCUT2D eigenvalue weighted by Crippen LogP contribution is -2.38. The Hall–Kier alpha value is -1.39. The van der Waals surface area contributed by atoms with Crippen molar-refractivity contribution in [2.24, 2.45) is 11.5 Å². The highest BCUT2D eigenvalue weighted by molar-refractivity contribution is 6.30. The molecule has 5 heteroatoms. The molecule has 0 heterocycles. The van der Waals surface area contributed by atoms with Crippen LogP contribution in [0, 0.1) is 0 Å². The molecule has 1 rings (SSSR count). The summed E-state index contributed by atoms with van der Waals surface area (Å²) in [5.74, 6) is -0.907. The maximum atomic E-state index is 11.5. The highest BCUT2D eigenvalue weighted by atomic mass is 35.5. The second-order valence-electron chi connectivity index (χ2n) is 3.14. The van der Waals surface area contributed by atoms with Gasteiger partial charge in [0.15, 0.2) is 5.78 Å². The molecule has 1 unspecified atom stereocenters. The second-order valence-corrected chi connectivity index (χ2v) is 3.58. The molecule has 0 bridgehead atoms. The van der Waals surface area contributed by atoms with Gasteiger partial charge in [0.05, 0.1) is 6.04 Å². The molecule has 4 nitrogen and oxygen atoms in total. The lowest BCUT2D eigenvalue weighted by molar-refractivity contribution is -0.119. The first-order chi connectivity index (χ1) is 7.00. The molecule has 80 valence electrons. The molecule has 0 aliphatic carbocycles. The summed E-state index contributed by atoms with van der Waals surface area (Å²) in [5.41, 5.74) is 10.8. The molecule has 0 aliphatic heterocycles. The first kappa shape index (κ1) is 11.7. The Morgan fingerprint density at radius 1 is 1.27 bits per heavy atom. The minimum atomic E-state index is -0.937. The van der Waals surface area contributed by atoms with Gasteiger partial charge >= 0.3 is 0 Å². The number of hydrogen-bond donors (Lipinski definition) is 2. The van der Waals surface area contributed by atoms with Gasteiger partial charge in [-0.1, -0.05) is 11.6 Å². The van der Waals surface area contributed by atoms with Crippen LogP contribution in [0.5, 0.6) is 0 Å². The fraction of sp³-hybridized carbons (Fsp3) is 0.200. The van der Waals surface area contributed by atoms with Crippen LogP contribution in [-0.2, 0) is 4.79 Å². The number of hydrogen-bond acceptors (Lipinski definition) is 3. The minimum Gasteiger partial charge on any atom is -0.368 e. The zero-order chi connectivity index (χ0) is 11.4. The first-order valence-corrected chi connectivity index (χ1v) is 4.72. The van der Waals surface area contributed by atoms with E-state index in [1.165, 1.54) is 0 Å². The van der Waals surface area contributed by atoms with Gasteiger partial charge in [-0.05, 0) is 24.3 Å².